The Morgan fingerprint density at radius 1 is 1.42 bits per heavy atom. The molecule has 1 aliphatic rings. The van der Waals surface area contributed by atoms with E-state index in [9.17, 15) is 19.5 Å². The van der Waals surface area contributed by atoms with E-state index in [0.29, 0.717) is 10.0 Å². The summed E-state index contributed by atoms with van der Waals surface area (Å²) >= 11 is 0. The molecule has 0 spiro atoms. The highest BCUT2D eigenvalue weighted by Crippen LogP contribution is 2.13. The quantitative estimate of drug-likeness (QED) is 0.328. The third-order valence-corrected chi connectivity index (χ3v) is 2.34. The third-order valence-electron chi connectivity index (χ3n) is 2.34. The van der Waals surface area contributed by atoms with Crippen LogP contribution in [0.3, 0.4) is 0 Å². The zero-order valence-corrected chi connectivity index (χ0v) is 10.5. The number of hydrazine groups is 1. The molecule has 0 radical (unpaired) electrons. The predicted octanol–water partition coefficient (Wildman–Crippen LogP) is -1.61. The first-order chi connectivity index (χ1) is 9.02. The molecule has 106 valence electrons. The van der Waals surface area contributed by atoms with Crippen LogP contribution in [0, 0.1) is 0 Å². The summed E-state index contributed by atoms with van der Waals surface area (Å²) < 4.78 is 4.89. The van der Waals surface area contributed by atoms with Crippen LogP contribution < -0.4 is 0 Å². The molecule has 0 saturated carbocycles. The van der Waals surface area contributed by atoms with Gasteiger partial charge in [0.2, 0.25) is 5.91 Å². The normalized spacial score (nSPS) is 16.1. The molecule has 0 aromatic heterocycles. The van der Waals surface area contributed by atoms with Crippen LogP contribution in [0.1, 0.15) is 13.3 Å². The molecule has 0 aliphatic carbocycles. The number of hydrogen-bond acceptors (Lipinski definition) is 6. The number of aliphatic hydroxyl groups excluding tert-OH is 2. The van der Waals surface area contributed by atoms with Gasteiger partial charge in [-0.2, -0.15) is 5.01 Å². The van der Waals surface area contributed by atoms with Gasteiger partial charge in [-0.05, 0) is 0 Å². The molecular weight excluding hydrogens is 256 g/mol. The first kappa shape index (κ1) is 15.3. The molecule has 1 rings (SSSR count). The van der Waals surface area contributed by atoms with Crippen LogP contribution in [0.15, 0.2) is 12.2 Å². The van der Waals surface area contributed by atoms with E-state index in [-0.39, 0.29) is 26.2 Å². The molecule has 1 heterocycles. The van der Waals surface area contributed by atoms with Crippen molar-refractivity contribution in [3.05, 3.63) is 12.2 Å². The average Bonchev–Trinajstić information content (AvgIpc) is 2.71. The molecule has 1 unspecified atom stereocenters. The summed E-state index contributed by atoms with van der Waals surface area (Å²) in [5.74, 6) is -1.99. The van der Waals surface area contributed by atoms with E-state index in [1.54, 1.807) is 0 Å². The van der Waals surface area contributed by atoms with Gasteiger partial charge in [-0.1, -0.05) is 6.92 Å². The van der Waals surface area contributed by atoms with Crippen molar-refractivity contribution in [3.8, 4) is 0 Å². The smallest absolute Gasteiger partial charge is 0.272 e. The van der Waals surface area contributed by atoms with Crippen LogP contribution in [0.5, 0.6) is 0 Å². The molecule has 19 heavy (non-hydrogen) atoms. The summed E-state index contributed by atoms with van der Waals surface area (Å²) in [4.78, 5) is 34.8. The Kier molecular flexibility index (Phi) is 5.61. The standard InChI is InChI=1S/C11H16N2O6/c1-2-8(15)12(11(18)7-19-6-5-14)13-9(16)3-4-10(13)17/h3-4,11,14,18H,2,5-7H2,1H3. The first-order valence-corrected chi connectivity index (χ1v) is 5.77. The summed E-state index contributed by atoms with van der Waals surface area (Å²) in [5, 5.41) is 19.6. The van der Waals surface area contributed by atoms with Crippen molar-refractivity contribution in [2.75, 3.05) is 19.8 Å². The maximum Gasteiger partial charge on any atom is 0.272 e. The Hall–Kier alpha value is -1.77. The SMILES string of the molecule is CCC(=O)N(C(O)COCCO)N1C(=O)C=CC1=O. The van der Waals surface area contributed by atoms with Gasteiger partial charge in [0.15, 0.2) is 6.23 Å². The van der Waals surface area contributed by atoms with Crippen LogP contribution in [-0.4, -0.2) is 64.0 Å². The molecule has 0 fully saturated rings. The maximum absolute atomic E-state index is 11.8. The number of nitrogens with zero attached hydrogens (tertiary/aromatic N) is 2. The van der Waals surface area contributed by atoms with E-state index >= 15 is 0 Å². The van der Waals surface area contributed by atoms with Crippen LogP contribution in [-0.2, 0) is 19.1 Å². The lowest BCUT2D eigenvalue weighted by Crippen LogP contribution is -2.56. The molecular formula is C11H16N2O6. The van der Waals surface area contributed by atoms with Crippen molar-refractivity contribution in [1.82, 2.24) is 10.0 Å². The summed E-state index contributed by atoms with van der Waals surface area (Å²) in [6.07, 6.45) is 0.555. The topological polar surface area (TPSA) is 107 Å². The first-order valence-electron chi connectivity index (χ1n) is 5.77. The molecule has 0 aromatic rings. The van der Waals surface area contributed by atoms with Gasteiger partial charge in [-0.25, -0.2) is 5.01 Å². The van der Waals surface area contributed by atoms with Gasteiger partial charge in [0.25, 0.3) is 11.8 Å². The second-order valence-corrected chi connectivity index (χ2v) is 3.69. The van der Waals surface area contributed by atoms with Gasteiger partial charge in [0, 0.05) is 18.6 Å². The zero-order chi connectivity index (χ0) is 14.4. The minimum Gasteiger partial charge on any atom is -0.394 e. The lowest BCUT2D eigenvalue weighted by Gasteiger charge is -2.33. The lowest BCUT2D eigenvalue weighted by molar-refractivity contribution is -0.192. The molecule has 8 nitrogen and oxygen atoms in total. The minimum atomic E-state index is -1.48. The highest BCUT2D eigenvalue weighted by atomic mass is 16.5. The van der Waals surface area contributed by atoms with Gasteiger partial charge < -0.3 is 14.9 Å². The van der Waals surface area contributed by atoms with E-state index < -0.39 is 23.9 Å². The van der Waals surface area contributed by atoms with Gasteiger partial charge >= 0.3 is 0 Å². The molecule has 2 N–H and O–H groups in total. The lowest BCUT2D eigenvalue weighted by atomic mass is 10.4. The highest BCUT2D eigenvalue weighted by molar-refractivity contribution is 6.13. The summed E-state index contributed by atoms with van der Waals surface area (Å²) in [5.41, 5.74) is 0. The molecule has 1 aliphatic heterocycles. The number of aliphatic hydroxyl groups is 2. The predicted molar refractivity (Wildman–Crippen MR) is 62.0 cm³/mol. The van der Waals surface area contributed by atoms with Crippen molar-refractivity contribution in [3.63, 3.8) is 0 Å². The van der Waals surface area contributed by atoms with Gasteiger partial charge in [-0.3, -0.25) is 14.4 Å². The Balaban J connectivity index is 2.80. The fourth-order valence-electron chi connectivity index (χ4n) is 1.50. The number of ether oxygens (including phenoxy) is 1. The average molecular weight is 272 g/mol. The zero-order valence-electron chi connectivity index (χ0n) is 10.5. The van der Waals surface area contributed by atoms with Crippen molar-refractivity contribution in [2.24, 2.45) is 0 Å². The van der Waals surface area contributed by atoms with Crippen molar-refractivity contribution < 1.29 is 29.3 Å². The Morgan fingerprint density at radius 3 is 2.47 bits per heavy atom. The molecule has 1 atom stereocenters. The fraction of sp³-hybridized carbons (Fsp3) is 0.545. The summed E-state index contributed by atoms with van der Waals surface area (Å²) in [7, 11) is 0. The van der Waals surface area contributed by atoms with Gasteiger partial charge in [0.05, 0.1) is 19.8 Å². The molecule has 0 saturated heterocycles. The second kappa shape index (κ2) is 6.98. The summed E-state index contributed by atoms with van der Waals surface area (Å²) in [6, 6.07) is 0. The second-order valence-electron chi connectivity index (χ2n) is 3.69. The van der Waals surface area contributed by atoms with Crippen LogP contribution >= 0.6 is 0 Å². The van der Waals surface area contributed by atoms with Gasteiger partial charge in [-0.15, -0.1) is 0 Å². The molecule has 0 aromatic carbocycles. The number of hydrogen-bond donors (Lipinski definition) is 2. The fourth-order valence-corrected chi connectivity index (χ4v) is 1.50. The number of rotatable bonds is 7. The molecule has 8 heteroatoms. The molecule has 0 bridgehead atoms. The van der Waals surface area contributed by atoms with Crippen molar-refractivity contribution >= 4 is 17.7 Å². The van der Waals surface area contributed by atoms with E-state index in [1.165, 1.54) is 6.92 Å². The van der Waals surface area contributed by atoms with Crippen molar-refractivity contribution in [1.29, 1.82) is 0 Å². The van der Waals surface area contributed by atoms with Gasteiger partial charge in [0.1, 0.15) is 0 Å². The largest absolute Gasteiger partial charge is 0.394 e. The number of carbonyl (C=O) groups excluding carboxylic acids is 3. The summed E-state index contributed by atoms with van der Waals surface area (Å²) in [6.45, 7) is 0.960. The minimum absolute atomic E-state index is 0.00806. The van der Waals surface area contributed by atoms with Crippen LogP contribution in [0.25, 0.3) is 0 Å². The number of carbonyl (C=O) groups is 3. The van der Waals surface area contributed by atoms with E-state index in [4.69, 9.17) is 9.84 Å². The maximum atomic E-state index is 11.8. The van der Waals surface area contributed by atoms with E-state index in [1.807, 2.05) is 0 Å². The van der Waals surface area contributed by atoms with E-state index in [2.05, 4.69) is 0 Å². The third kappa shape index (κ3) is 3.60. The van der Waals surface area contributed by atoms with Crippen LogP contribution in [0.2, 0.25) is 0 Å². The Labute approximate surface area is 109 Å². The Bertz CT molecular complexity index is 377. The molecule has 3 amide bonds. The Morgan fingerprint density at radius 2 is 2.00 bits per heavy atom. The number of amides is 3. The van der Waals surface area contributed by atoms with Crippen molar-refractivity contribution in [2.45, 2.75) is 19.6 Å². The highest BCUT2D eigenvalue weighted by Gasteiger charge is 2.36. The van der Waals surface area contributed by atoms with E-state index in [0.717, 1.165) is 12.2 Å². The number of imide groups is 1. The van der Waals surface area contributed by atoms with Crippen LogP contribution in [0.4, 0.5) is 0 Å². The monoisotopic (exact) mass is 272 g/mol.